The molecule has 2 aromatic rings. The Kier molecular flexibility index (Phi) is 6.50. The van der Waals surface area contributed by atoms with Crippen LogP contribution in [0.3, 0.4) is 0 Å². The first-order chi connectivity index (χ1) is 11.0. The highest BCUT2D eigenvalue weighted by molar-refractivity contribution is 9.10. The van der Waals surface area contributed by atoms with Crippen LogP contribution in [0.2, 0.25) is 0 Å². The molecule has 2 rings (SSSR count). The second-order valence-corrected chi connectivity index (χ2v) is 6.24. The summed E-state index contributed by atoms with van der Waals surface area (Å²) in [5.41, 5.74) is 1.41. The number of hydrogen-bond donors (Lipinski definition) is 1. The Morgan fingerprint density at radius 3 is 2.52 bits per heavy atom. The number of pyridine rings is 1. The van der Waals surface area contributed by atoms with Crippen LogP contribution in [0.15, 0.2) is 41.0 Å². The molecular weight excluding hydrogens is 363 g/mol. The van der Waals surface area contributed by atoms with Crippen LogP contribution in [0.4, 0.5) is 4.39 Å². The maximum atomic E-state index is 13.9. The number of halogens is 2. The predicted octanol–water partition coefficient (Wildman–Crippen LogP) is 3.37. The number of hydrogen-bond acceptors (Lipinski definition) is 4. The highest BCUT2D eigenvalue weighted by Gasteiger charge is 2.14. The van der Waals surface area contributed by atoms with Crippen molar-refractivity contribution < 1.29 is 14.2 Å². The Hall–Kier alpha value is -1.50. The van der Waals surface area contributed by atoms with Crippen molar-refractivity contribution in [3.63, 3.8) is 0 Å². The van der Waals surface area contributed by atoms with Gasteiger partial charge in [0.05, 0.1) is 18.9 Å². The molecule has 1 aromatic heterocycles. The minimum atomic E-state index is -0.511. The van der Waals surface area contributed by atoms with E-state index < -0.39 is 6.10 Å². The summed E-state index contributed by atoms with van der Waals surface area (Å²) in [4.78, 5) is 6.15. The third kappa shape index (κ3) is 5.57. The molecule has 1 aromatic carbocycles. The lowest BCUT2D eigenvalue weighted by Gasteiger charge is -2.24. The standard InChI is InChI=1S/C17H20BrFN2O2/c1-12(22)9-21(10-13-3-5-14(23-2)6-4-13)11-16-15(19)7-8-17(18)20-16/h3-8,12,22H,9-11H2,1-2H3. The number of aliphatic hydroxyl groups excluding tert-OH is 1. The van der Waals surface area contributed by atoms with Crippen molar-refractivity contribution in [3.8, 4) is 5.75 Å². The molecule has 23 heavy (non-hydrogen) atoms. The normalized spacial score (nSPS) is 12.4. The van der Waals surface area contributed by atoms with Gasteiger partial charge in [-0.3, -0.25) is 4.90 Å². The lowest BCUT2D eigenvalue weighted by Crippen LogP contribution is -2.31. The van der Waals surface area contributed by atoms with Gasteiger partial charge >= 0.3 is 0 Å². The fourth-order valence-electron chi connectivity index (χ4n) is 2.33. The average Bonchev–Trinajstić information content (AvgIpc) is 2.51. The topological polar surface area (TPSA) is 45.6 Å². The summed E-state index contributed by atoms with van der Waals surface area (Å²) >= 11 is 3.26. The maximum Gasteiger partial charge on any atom is 0.146 e. The quantitative estimate of drug-likeness (QED) is 0.745. The lowest BCUT2D eigenvalue weighted by atomic mass is 10.2. The number of rotatable bonds is 7. The van der Waals surface area contributed by atoms with E-state index in [-0.39, 0.29) is 5.82 Å². The third-order valence-corrected chi connectivity index (χ3v) is 3.79. The highest BCUT2D eigenvalue weighted by Crippen LogP contribution is 2.17. The van der Waals surface area contributed by atoms with Gasteiger partial charge in [0.25, 0.3) is 0 Å². The van der Waals surface area contributed by atoms with Crippen LogP contribution in [0.5, 0.6) is 5.75 Å². The molecular formula is C17H20BrFN2O2. The van der Waals surface area contributed by atoms with E-state index in [4.69, 9.17) is 4.74 Å². The van der Waals surface area contributed by atoms with E-state index in [0.29, 0.717) is 29.9 Å². The Balaban J connectivity index is 2.13. The summed E-state index contributed by atoms with van der Waals surface area (Å²) in [6.45, 7) is 3.05. The van der Waals surface area contributed by atoms with Crippen molar-refractivity contribution in [1.82, 2.24) is 9.88 Å². The molecule has 0 aliphatic carbocycles. The van der Waals surface area contributed by atoms with Gasteiger partial charge in [-0.15, -0.1) is 0 Å². The smallest absolute Gasteiger partial charge is 0.146 e. The zero-order chi connectivity index (χ0) is 16.8. The van der Waals surface area contributed by atoms with Gasteiger partial charge in [-0.1, -0.05) is 12.1 Å². The average molecular weight is 383 g/mol. The zero-order valence-corrected chi connectivity index (χ0v) is 14.8. The molecule has 0 saturated heterocycles. The van der Waals surface area contributed by atoms with E-state index in [9.17, 15) is 9.50 Å². The molecule has 0 amide bonds. The lowest BCUT2D eigenvalue weighted by molar-refractivity contribution is 0.116. The minimum Gasteiger partial charge on any atom is -0.497 e. The zero-order valence-electron chi connectivity index (χ0n) is 13.2. The predicted molar refractivity (Wildman–Crippen MR) is 90.7 cm³/mol. The van der Waals surface area contributed by atoms with Gasteiger partial charge in [-0.05, 0) is 52.7 Å². The monoisotopic (exact) mass is 382 g/mol. The van der Waals surface area contributed by atoms with E-state index in [1.807, 2.05) is 29.2 Å². The summed E-state index contributed by atoms with van der Waals surface area (Å²) in [7, 11) is 1.62. The molecule has 0 radical (unpaired) electrons. The summed E-state index contributed by atoms with van der Waals surface area (Å²) in [6, 6.07) is 10.6. The molecule has 1 atom stereocenters. The SMILES string of the molecule is COc1ccc(CN(Cc2nc(Br)ccc2F)CC(C)O)cc1. The van der Waals surface area contributed by atoms with E-state index in [1.165, 1.54) is 6.07 Å². The van der Waals surface area contributed by atoms with E-state index in [1.54, 1.807) is 20.1 Å². The van der Waals surface area contributed by atoms with Crippen molar-refractivity contribution >= 4 is 15.9 Å². The van der Waals surface area contributed by atoms with Crippen LogP contribution in [-0.2, 0) is 13.1 Å². The van der Waals surface area contributed by atoms with Crippen LogP contribution in [0.1, 0.15) is 18.2 Å². The summed E-state index contributed by atoms with van der Waals surface area (Å²) in [5.74, 6) is 0.439. The van der Waals surface area contributed by atoms with E-state index in [0.717, 1.165) is 11.3 Å². The second-order valence-electron chi connectivity index (χ2n) is 5.43. The third-order valence-electron chi connectivity index (χ3n) is 3.35. The molecule has 1 N–H and O–H groups in total. The summed E-state index contributed by atoms with van der Waals surface area (Å²) in [5, 5.41) is 9.70. The van der Waals surface area contributed by atoms with Gasteiger partial charge in [0.1, 0.15) is 16.2 Å². The molecule has 1 unspecified atom stereocenters. The molecule has 0 saturated carbocycles. The molecule has 6 heteroatoms. The van der Waals surface area contributed by atoms with Crippen molar-refractivity contribution in [2.75, 3.05) is 13.7 Å². The van der Waals surface area contributed by atoms with Crippen molar-refractivity contribution in [3.05, 3.63) is 58.1 Å². The molecule has 0 aliphatic heterocycles. The molecule has 4 nitrogen and oxygen atoms in total. The number of aromatic nitrogens is 1. The van der Waals surface area contributed by atoms with Crippen LogP contribution in [-0.4, -0.2) is 34.7 Å². The second kappa shape index (κ2) is 8.38. The fourth-order valence-corrected chi connectivity index (χ4v) is 2.67. The Labute approximate surface area is 144 Å². The van der Waals surface area contributed by atoms with Gasteiger partial charge in [0.15, 0.2) is 0 Å². The maximum absolute atomic E-state index is 13.9. The molecule has 0 aliphatic rings. The van der Waals surface area contributed by atoms with Gasteiger partial charge in [-0.25, -0.2) is 9.37 Å². The minimum absolute atomic E-state index is 0.322. The van der Waals surface area contributed by atoms with Crippen molar-refractivity contribution in [2.45, 2.75) is 26.1 Å². The highest BCUT2D eigenvalue weighted by atomic mass is 79.9. The van der Waals surface area contributed by atoms with Gasteiger partial charge in [0.2, 0.25) is 0 Å². The van der Waals surface area contributed by atoms with Crippen LogP contribution in [0, 0.1) is 5.82 Å². The van der Waals surface area contributed by atoms with Gasteiger partial charge in [0, 0.05) is 19.6 Å². The number of methoxy groups -OCH3 is 1. The number of nitrogens with zero attached hydrogens (tertiary/aromatic N) is 2. The molecule has 0 bridgehead atoms. The number of aliphatic hydroxyl groups is 1. The van der Waals surface area contributed by atoms with Crippen LogP contribution >= 0.6 is 15.9 Å². The number of benzene rings is 1. The van der Waals surface area contributed by atoms with Crippen molar-refractivity contribution in [2.24, 2.45) is 0 Å². The first-order valence-electron chi connectivity index (χ1n) is 7.32. The van der Waals surface area contributed by atoms with E-state index in [2.05, 4.69) is 20.9 Å². The Bertz CT molecular complexity index is 635. The fraction of sp³-hybridized carbons (Fsp3) is 0.353. The largest absolute Gasteiger partial charge is 0.497 e. The molecule has 0 spiro atoms. The van der Waals surface area contributed by atoms with Crippen LogP contribution in [0.25, 0.3) is 0 Å². The summed E-state index contributed by atoms with van der Waals surface area (Å²) in [6.07, 6.45) is -0.511. The molecule has 0 fully saturated rings. The first-order valence-corrected chi connectivity index (χ1v) is 8.11. The number of ether oxygens (including phenoxy) is 1. The van der Waals surface area contributed by atoms with Gasteiger partial charge < -0.3 is 9.84 Å². The Morgan fingerprint density at radius 1 is 1.22 bits per heavy atom. The van der Waals surface area contributed by atoms with E-state index >= 15 is 0 Å². The molecule has 124 valence electrons. The van der Waals surface area contributed by atoms with Gasteiger partial charge in [-0.2, -0.15) is 0 Å². The van der Waals surface area contributed by atoms with Crippen molar-refractivity contribution in [1.29, 1.82) is 0 Å². The summed E-state index contributed by atoms with van der Waals surface area (Å²) < 4.78 is 19.7. The van der Waals surface area contributed by atoms with Crippen LogP contribution < -0.4 is 4.74 Å². The Morgan fingerprint density at radius 2 is 1.91 bits per heavy atom. The molecule has 1 heterocycles. The first kappa shape index (κ1) is 17.8.